The molecule has 1 amide bonds. The molecule has 0 bridgehead atoms. The highest BCUT2D eigenvalue weighted by molar-refractivity contribution is 5.98. The lowest BCUT2D eigenvalue weighted by Crippen LogP contribution is -2.44. The predicted octanol–water partition coefficient (Wildman–Crippen LogP) is 2.99. The highest BCUT2D eigenvalue weighted by Crippen LogP contribution is 2.33. The summed E-state index contributed by atoms with van der Waals surface area (Å²) in [5, 5.41) is 4.12. The summed E-state index contributed by atoms with van der Waals surface area (Å²) in [6.45, 7) is 9.25. The number of hydrogen-bond acceptors (Lipinski definition) is 7. The van der Waals surface area contributed by atoms with Crippen molar-refractivity contribution in [1.29, 1.82) is 0 Å². The first-order valence-corrected chi connectivity index (χ1v) is 11.7. The fraction of sp³-hybridized carbons (Fsp3) is 0.500. The third-order valence-electron chi connectivity index (χ3n) is 7.09. The Morgan fingerprint density at radius 1 is 1.12 bits per heavy atom. The number of nitrogens with zero attached hydrogens (tertiary/aromatic N) is 7. The lowest BCUT2D eigenvalue weighted by molar-refractivity contribution is 0.0692. The van der Waals surface area contributed by atoms with E-state index in [-0.39, 0.29) is 11.9 Å². The Labute approximate surface area is 194 Å². The number of likely N-dealkylation sites (N-methyl/N-ethyl adjacent to an activating group) is 2. The van der Waals surface area contributed by atoms with Crippen LogP contribution >= 0.6 is 0 Å². The van der Waals surface area contributed by atoms with E-state index in [1.54, 1.807) is 6.20 Å². The zero-order chi connectivity index (χ0) is 23.1. The molecule has 0 saturated carbocycles. The van der Waals surface area contributed by atoms with Crippen molar-refractivity contribution >= 4 is 34.4 Å². The molecule has 1 fully saturated rings. The van der Waals surface area contributed by atoms with Crippen molar-refractivity contribution in [3.63, 3.8) is 0 Å². The van der Waals surface area contributed by atoms with E-state index >= 15 is 0 Å². The minimum Gasteiger partial charge on any atom is -0.368 e. The highest BCUT2D eigenvalue weighted by atomic mass is 16.2. The summed E-state index contributed by atoms with van der Waals surface area (Å²) in [7, 11) is 4.02. The van der Waals surface area contributed by atoms with Crippen molar-refractivity contribution in [3.05, 3.63) is 36.3 Å². The fourth-order valence-corrected chi connectivity index (χ4v) is 4.74. The largest absolute Gasteiger partial charge is 0.368 e. The van der Waals surface area contributed by atoms with Gasteiger partial charge in [0, 0.05) is 51.4 Å². The van der Waals surface area contributed by atoms with Crippen LogP contribution in [0, 0.1) is 5.92 Å². The second-order valence-electron chi connectivity index (χ2n) is 9.33. The molecular weight excluding hydrogens is 416 g/mol. The molecule has 1 N–H and O–H groups in total. The van der Waals surface area contributed by atoms with Gasteiger partial charge < -0.3 is 24.6 Å². The molecule has 2 aliphatic heterocycles. The molecule has 1 unspecified atom stereocenters. The quantitative estimate of drug-likeness (QED) is 0.642. The number of amides is 1. The van der Waals surface area contributed by atoms with Crippen LogP contribution in [0.3, 0.4) is 0 Å². The van der Waals surface area contributed by atoms with Crippen LogP contribution in [-0.2, 0) is 0 Å². The number of piperazine rings is 1. The van der Waals surface area contributed by atoms with E-state index in [1.165, 1.54) is 0 Å². The summed E-state index contributed by atoms with van der Waals surface area (Å²) in [5.74, 6) is 1.64. The maximum Gasteiger partial charge on any atom is 0.270 e. The molecular formula is C24H32N8O. The van der Waals surface area contributed by atoms with Gasteiger partial charge in [-0.1, -0.05) is 20.3 Å². The highest BCUT2D eigenvalue weighted by Gasteiger charge is 2.34. The summed E-state index contributed by atoms with van der Waals surface area (Å²) in [6, 6.07) is 6.16. The smallest absolute Gasteiger partial charge is 0.270 e. The molecule has 3 aromatic rings. The van der Waals surface area contributed by atoms with E-state index in [4.69, 9.17) is 4.98 Å². The number of carbonyl (C=O) groups excluding carboxylic acids is 1. The van der Waals surface area contributed by atoms with Crippen molar-refractivity contribution in [2.24, 2.45) is 5.92 Å². The lowest BCUT2D eigenvalue weighted by atomic mass is 9.96. The van der Waals surface area contributed by atoms with Gasteiger partial charge in [0.05, 0.1) is 17.9 Å². The van der Waals surface area contributed by atoms with Crippen molar-refractivity contribution in [1.82, 2.24) is 29.3 Å². The molecule has 5 heterocycles. The van der Waals surface area contributed by atoms with Crippen LogP contribution < -0.4 is 10.2 Å². The van der Waals surface area contributed by atoms with Crippen molar-refractivity contribution in [2.45, 2.75) is 26.3 Å². The minimum atomic E-state index is 0.0308. The maximum atomic E-state index is 12.8. The normalized spacial score (nSPS) is 20.2. The first-order valence-electron chi connectivity index (χ1n) is 11.7. The van der Waals surface area contributed by atoms with Gasteiger partial charge in [0.15, 0.2) is 0 Å². The van der Waals surface area contributed by atoms with Crippen LogP contribution in [0.5, 0.6) is 0 Å². The number of fused-ring (bicyclic) bond motifs is 3. The van der Waals surface area contributed by atoms with Gasteiger partial charge >= 0.3 is 0 Å². The summed E-state index contributed by atoms with van der Waals surface area (Å²) in [4.78, 5) is 33.2. The number of pyridine rings is 1. The molecule has 33 heavy (non-hydrogen) atoms. The van der Waals surface area contributed by atoms with E-state index in [9.17, 15) is 4.79 Å². The van der Waals surface area contributed by atoms with Crippen molar-refractivity contribution < 1.29 is 4.79 Å². The van der Waals surface area contributed by atoms with E-state index in [1.807, 2.05) is 30.3 Å². The Morgan fingerprint density at radius 3 is 2.61 bits per heavy atom. The third-order valence-corrected chi connectivity index (χ3v) is 7.09. The summed E-state index contributed by atoms with van der Waals surface area (Å²) in [5.41, 5.74) is 2.61. The molecule has 1 saturated heterocycles. The SMILES string of the molecule is CCC(C)[C@H]1CN(C)C(=O)c2cc3cnc(Nc4ccc(N5CCN(C)CC5)cn4)nc3n21. The number of hydrogen-bond donors (Lipinski definition) is 1. The standard InChI is InChI=1S/C24H32N8O/c1-5-16(2)20-15-30(4)23(33)19-12-17-13-26-24(28-22(17)32(19)20)27-21-7-6-18(14-25-21)31-10-8-29(3)9-11-31/h6-7,12-14,16,20H,5,8-11,15H2,1-4H3,(H,25,26,27,28)/t16?,20-/m1/s1. The average molecular weight is 449 g/mol. The molecule has 9 nitrogen and oxygen atoms in total. The van der Waals surface area contributed by atoms with Gasteiger partial charge in [0.1, 0.15) is 17.2 Å². The first-order chi connectivity index (χ1) is 15.9. The molecule has 0 radical (unpaired) electrons. The summed E-state index contributed by atoms with van der Waals surface area (Å²) >= 11 is 0. The molecule has 0 aromatic carbocycles. The number of carbonyl (C=O) groups is 1. The van der Waals surface area contributed by atoms with Crippen LogP contribution in [0.25, 0.3) is 11.0 Å². The zero-order valence-corrected chi connectivity index (χ0v) is 19.8. The molecule has 0 spiro atoms. The van der Waals surface area contributed by atoms with Gasteiger partial charge in [0.25, 0.3) is 5.91 Å². The number of anilines is 3. The Morgan fingerprint density at radius 2 is 1.91 bits per heavy atom. The average Bonchev–Trinajstić information content (AvgIpc) is 3.21. The van der Waals surface area contributed by atoms with Gasteiger partial charge in [-0.15, -0.1) is 0 Å². The van der Waals surface area contributed by atoms with Crippen LogP contribution in [0.4, 0.5) is 17.5 Å². The van der Waals surface area contributed by atoms with Crippen LogP contribution in [-0.4, -0.2) is 82.0 Å². The summed E-state index contributed by atoms with van der Waals surface area (Å²) in [6.07, 6.45) is 4.72. The van der Waals surface area contributed by atoms with Crippen molar-refractivity contribution in [2.75, 3.05) is 57.0 Å². The van der Waals surface area contributed by atoms with Crippen LogP contribution in [0.2, 0.25) is 0 Å². The van der Waals surface area contributed by atoms with Gasteiger partial charge in [0.2, 0.25) is 5.95 Å². The molecule has 5 rings (SSSR count). The third kappa shape index (κ3) is 4.01. The Bertz CT molecular complexity index is 1150. The second-order valence-corrected chi connectivity index (χ2v) is 9.33. The Hall–Kier alpha value is -3.20. The van der Waals surface area contributed by atoms with Crippen molar-refractivity contribution in [3.8, 4) is 0 Å². The number of rotatable bonds is 5. The fourth-order valence-electron chi connectivity index (χ4n) is 4.74. The minimum absolute atomic E-state index is 0.0308. The van der Waals surface area contributed by atoms with E-state index in [0.717, 1.165) is 49.3 Å². The van der Waals surface area contributed by atoms with E-state index in [2.05, 4.69) is 56.6 Å². The first kappa shape index (κ1) is 21.6. The predicted molar refractivity (Wildman–Crippen MR) is 130 cm³/mol. The maximum absolute atomic E-state index is 12.8. The summed E-state index contributed by atoms with van der Waals surface area (Å²) < 4.78 is 2.11. The van der Waals surface area contributed by atoms with Gasteiger partial charge in [-0.25, -0.2) is 9.97 Å². The van der Waals surface area contributed by atoms with Gasteiger partial charge in [-0.3, -0.25) is 4.79 Å². The van der Waals surface area contributed by atoms with Gasteiger partial charge in [-0.05, 0) is 31.2 Å². The van der Waals surface area contributed by atoms with Crippen LogP contribution in [0.15, 0.2) is 30.6 Å². The molecule has 9 heteroatoms. The lowest BCUT2D eigenvalue weighted by Gasteiger charge is -2.35. The molecule has 174 valence electrons. The Balaban J connectivity index is 1.41. The number of aromatic nitrogens is 4. The Kier molecular flexibility index (Phi) is 5.65. The van der Waals surface area contributed by atoms with Crippen LogP contribution in [0.1, 0.15) is 36.8 Å². The molecule has 2 aliphatic rings. The van der Waals surface area contributed by atoms with Gasteiger partial charge in [-0.2, -0.15) is 4.98 Å². The van der Waals surface area contributed by atoms with E-state index in [0.29, 0.717) is 29.9 Å². The second kappa shape index (κ2) is 8.62. The molecule has 2 atom stereocenters. The molecule has 3 aromatic heterocycles. The zero-order valence-electron chi connectivity index (χ0n) is 19.8. The molecule has 0 aliphatic carbocycles. The van der Waals surface area contributed by atoms with E-state index < -0.39 is 0 Å². The topological polar surface area (TPSA) is 82.4 Å². The number of nitrogens with one attached hydrogen (secondary N) is 1. The monoisotopic (exact) mass is 448 g/mol.